The molecule has 0 spiro atoms. The lowest BCUT2D eigenvalue weighted by Crippen LogP contribution is -2.52. The summed E-state index contributed by atoms with van der Waals surface area (Å²) in [5.74, 6) is 1.14. The summed E-state index contributed by atoms with van der Waals surface area (Å²) in [5.41, 5.74) is 2.11. The number of hydrogen-bond donors (Lipinski definition) is 1. The van der Waals surface area contributed by atoms with Gasteiger partial charge in [0.25, 0.3) is 0 Å². The quantitative estimate of drug-likeness (QED) is 0.849. The molecule has 1 unspecified atom stereocenters. The predicted octanol–water partition coefficient (Wildman–Crippen LogP) is 2.86. The number of thioether (sulfide) groups is 1. The van der Waals surface area contributed by atoms with E-state index in [0.717, 1.165) is 49.6 Å². The van der Waals surface area contributed by atoms with Crippen LogP contribution in [0.4, 0.5) is 4.79 Å². The van der Waals surface area contributed by atoms with Crippen LogP contribution < -0.4 is 5.32 Å². The van der Waals surface area contributed by atoms with Gasteiger partial charge in [-0.1, -0.05) is 30.3 Å². The highest BCUT2D eigenvalue weighted by atomic mass is 32.2. The fourth-order valence-electron chi connectivity index (χ4n) is 3.17. The molecule has 2 heterocycles. The van der Waals surface area contributed by atoms with Gasteiger partial charge in [0.15, 0.2) is 0 Å². The molecule has 1 aliphatic heterocycles. The van der Waals surface area contributed by atoms with Gasteiger partial charge in [0.2, 0.25) is 0 Å². The molecule has 0 aliphatic carbocycles. The summed E-state index contributed by atoms with van der Waals surface area (Å²) in [7, 11) is 0. The number of nitrogens with zero attached hydrogens (tertiary/aromatic N) is 3. The van der Waals surface area contributed by atoms with Crippen molar-refractivity contribution in [2.45, 2.75) is 6.04 Å². The van der Waals surface area contributed by atoms with E-state index in [1.165, 1.54) is 0 Å². The molecule has 1 atom stereocenters. The summed E-state index contributed by atoms with van der Waals surface area (Å²) in [6.45, 7) is 4.54. The van der Waals surface area contributed by atoms with Crippen LogP contribution in [0.25, 0.3) is 0 Å². The van der Waals surface area contributed by atoms with Crippen LogP contribution in [0.1, 0.15) is 17.2 Å². The average Bonchev–Trinajstić information content (AvgIpc) is 2.72. The average molecular weight is 371 g/mol. The second kappa shape index (κ2) is 9.59. The van der Waals surface area contributed by atoms with Gasteiger partial charge >= 0.3 is 6.03 Å². The molecule has 1 N–H and O–H groups in total. The fraction of sp³-hybridized carbons (Fsp3) is 0.400. The van der Waals surface area contributed by atoms with Gasteiger partial charge in [0.1, 0.15) is 0 Å². The molecular weight excluding hydrogens is 344 g/mol. The van der Waals surface area contributed by atoms with Crippen LogP contribution in [0.15, 0.2) is 54.9 Å². The van der Waals surface area contributed by atoms with E-state index in [2.05, 4.69) is 21.5 Å². The number of nitrogens with one attached hydrogen (secondary N) is 1. The minimum absolute atomic E-state index is 0.000168. The number of carbonyl (C=O) groups is 1. The van der Waals surface area contributed by atoms with E-state index in [1.54, 1.807) is 12.4 Å². The van der Waals surface area contributed by atoms with Crippen molar-refractivity contribution in [1.82, 2.24) is 20.1 Å². The number of aromatic nitrogens is 1. The summed E-state index contributed by atoms with van der Waals surface area (Å²) in [4.78, 5) is 21.3. The van der Waals surface area contributed by atoms with Crippen LogP contribution in [-0.4, -0.2) is 65.5 Å². The molecule has 26 heavy (non-hydrogen) atoms. The normalized spacial score (nSPS) is 16.3. The largest absolute Gasteiger partial charge is 0.327 e. The first-order chi connectivity index (χ1) is 12.8. The Hall–Kier alpha value is -2.05. The molecule has 1 fully saturated rings. The summed E-state index contributed by atoms with van der Waals surface area (Å²) in [5, 5.41) is 3.21. The second-order valence-corrected chi connectivity index (χ2v) is 7.38. The Balaban J connectivity index is 1.65. The Kier molecular flexibility index (Phi) is 6.91. The van der Waals surface area contributed by atoms with E-state index in [0.29, 0.717) is 0 Å². The zero-order valence-corrected chi connectivity index (χ0v) is 16.0. The maximum atomic E-state index is 12.9. The van der Waals surface area contributed by atoms with E-state index in [1.807, 2.05) is 59.1 Å². The Morgan fingerprint density at radius 2 is 1.73 bits per heavy atom. The molecule has 0 bridgehead atoms. The molecule has 138 valence electrons. The number of carbonyl (C=O) groups excluding carboxylic acids is 1. The molecule has 2 aromatic rings. The molecule has 1 aliphatic rings. The first-order valence-electron chi connectivity index (χ1n) is 8.99. The van der Waals surface area contributed by atoms with E-state index in [4.69, 9.17) is 0 Å². The van der Waals surface area contributed by atoms with Crippen LogP contribution in [0, 0.1) is 0 Å². The highest BCUT2D eigenvalue weighted by molar-refractivity contribution is 7.98. The smallest absolute Gasteiger partial charge is 0.318 e. The Bertz CT molecular complexity index is 635. The SMILES string of the molecule is CSCCN1CCN(C(=O)NC(c2ccccc2)c2ccncc2)CC1. The van der Waals surface area contributed by atoms with Gasteiger partial charge in [0, 0.05) is 50.9 Å². The zero-order valence-electron chi connectivity index (χ0n) is 15.2. The molecule has 0 saturated carbocycles. The summed E-state index contributed by atoms with van der Waals surface area (Å²) < 4.78 is 0. The molecule has 5 nitrogen and oxygen atoms in total. The number of piperazine rings is 1. The van der Waals surface area contributed by atoms with E-state index < -0.39 is 0 Å². The molecule has 6 heteroatoms. The number of amides is 2. The van der Waals surface area contributed by atoms with E-state index >= 15 is 0 Å². The van der Waals surface area contributed by atoms with Gasteiger partial charge in [-0.25, -0.2) is 4.79 Å². The van der Waals surface area contributed by atoms with Gasteiger partial charge < -0.3 is 10.2 Å². The maximum Gasteiger partial charge on any atom is 0.318 e. The minimum Gasteiger partial charge on any atom is -0.327 e. The van der Waals surface area contributed by atoms with Crippen LogP contribution >= 0.6 is 11.8 Å². The number of benzene rings is 1. The Morgan fingerprint density at radius 1 is 1.08 bits per heavy atom. The lowest BCUT2D eigenvalue weighted by Gasteiger charge is -2.35. The molecule has 3 rings (SSSR count). The van der Waals surface area contributed by atoms with Gasteiger partial charge in [-0.15, -0.1) is 0 Å². The lowest BCUT2D eigenvalue weighted by atomic mass is 10.00. The van der Waals surface area contributed by atoms with Crippen molar-refractivity contribution in [2.24, 2.45) is 0 Å². The van der Waals surface area contributed by atoms with Crippen molar-refractivity contribution >= 4 is 17.8 Å². The topological polar surface area (TPSA) is 48.5 Å². The molecular formula is C20H26N4OS. The standard InChI is InChI=1S/C20H26N4OS/c1-26-16-15-23-11-13-24(14-12-23)20(25)22-19(17-5-3-2-4-6-17)18-7-9-21-10-8-18/h2-10,19H,11-16H2,1H3,(H,22,25). The van der Waals surface area contributed by atoms with Gasteiger partial charge in [0.05, 0.1) is 6.04 Å². The highest BCUT2D eigenvalue weighted by Crippen LogP contribution is 2.21. The molecule has 0 radical (unpaired) electrons. The van der Waals surface area contributed by atoms with Gasteiger partial charge in [-0.2, -0.15) is 11.8 Å². The Morgan fingerprint density at radius 3 is 2.38 bits per heavy atom. The second-order valence-electron chi connectivity index (χ2n) is 6.40. The van der Waals surface area contributed by atoms with Gasteiger partial charge in [-0.3, -0.25) is 9.88 Å². The van der Waals surface area contributed by atoms with Crippen molar-refractivity contribution in [3.05, 3.63) is 66.0 Å². The maximum absolute atomic E-state index is 12.9. The number of hydrogen-bond acceptors (Lipinski definition) is 4. The number of rotatable bonds is 6. The third kappa shape index (κ3) is 4.99. The van der Waals surface area contributed by atoms with Crippen molar-refractivity contribution in [3.63, 3.8) is 0 Å². The first-order valence-corrected chi connectivity index (χ1v) is 10.4. The van der Waals surface area contributed by atoms with Crippen LogP contribution in [0.2, 0.25) is 0 Å². The van der Waals surface area contributed by atoms with Crippen molar-refractivity contribution in [3.8, 4) is 0 Å². The molecule has 1 saturated heterocycles. The monoisotopic (exact) mass is 370 g/mol. The van der Waals surface area contributed by atoms with Gasteiger partial charge in [-0.05, 0) is 29.5 Å². The molecule has 2 amide bonds. The van der Waals surface area contributed by atoms with Crippen LogP contribution in [0.3, 0.4) is 0 Å². The third-order valence-corrected chi connectivity index (χ3v) is 5.30. The van der Waals surface area contributed by atoms with E-state index in [-0.39, 0.29) is 12.1 Å². The number of pyridine rings is 1. The molecule has 1 aromatic heterocycles. The third-order valence-electron chi connectivity index (χ3n) is 4.71. The van der Waals surface area contributed by atoms with Crippen LogP contribution in [-0.2, 0) is 0 Å². The highest BCUT2D eigenvalue weighted by Gasteiger charge is 2.24. The minimum atomic E-state index is -0.166. The fourth-order valence-corrected chi connectivity index (χ4v) is 3.61. The van der Waals surface area contributed by atoms with Crippen molar-refractivity contribution in [2.75, 3.05) is 44.7 Å². The lowest BCUT2D eigenvalue weighted by molar-refractivity contribution is 0.142. The van der Waals surface area contributed by atoms with Crippen LogP contribution in [0.5, 0.6) is 0 Å². The van der Waals surface area contributed by atoms with Crippen molar-refractivity contribution < 1.29 is 4.79 Å². The molecule has 1 aromatic carbocycles. The van der Waals surface area contributed by atoms with E-state index in [9.17, 15) is 4.79 Å². The summed E-state index contributed by atoms with van der Waals surface area (Å²) >= 11 is 1.87. The predicted molar refractivity (Wildman–Crippen MR) is 107 cm³/mol. The Labute approximate surface area is 159 Å². The number of urea groups is 1. The summed E-state index contributed by atoms with van der Waals surface area (Å²) in [6, 6.07) is 13.8. The van der Waals surface area contributed by atoms with Crippen molar-refractivity contribution in [1.29, 1.82) is 0 Å². The first kappa shape index (κ1) is 18.7. The summed E-state index contributed by atoms with van der Waals surface area (Å²) in [6.07, 6.45) is 5.66. The zero-order chi connectivity index (χ0) is 18.2.